The Kier molecular flexibility index (Phi) is 4.43. The monoisotopic (exact) mass is 196 g/mol. The van der Waals surface area contributed by atoms with Crippen LogP contribution in [0.5, 0.6) is 0 Å². The molecule has 0 spiro atoms. The van der Waals surface area contributed by atoms with E-state index in [2.05, 4.69) is 25.8 Å². The number of aliphatic imine (C=N–C) groups is 1. The molecular weight excluding hydrogens is 172 g/mol. The first kappa shape index (κ1) is 11.5. The molecule has 2 N–H and O–H groups in total. The molecule has 1 rings (SSSR count). The fourth-order valence-corrected chi connectivity index (χ4v) is 2.33. The average molecular weight is 196 g/mol. The van der Waals surface area contributed by atoms with Crippen LogP contribution >= 0.6 is 0 Å². The smallest absolute Gasteiger partial charge is 0.0971 e. The minimum Gasteiger partial charge on any atom is -0.387 e. The second-order valence-electron chi connectivity index (χ2n) is 4.79. The van der Waals surface area contributed by atoms with Crippen molar-refractivity contribution in [2.75, 3.05) is 0 Å². The topological polar surface area (TPSA) is 38.4 Å². The van der Waals surface area contributed by atoms with E-state index in [-0.39, 0.29) is 0 Å². The van der Waals surface area contributed by atoms with Gasteiger partial charge >= 0.3 is 0 Å². The molecule has 1 fully saturated rings. The van der Waals surface area contributed by atoms with Gasteiger partial charge in [-0.15, -0.1) is 0 Å². The molecular formula is C12H24N2. The molecule has 1 aliphatic carbocycles. The fourth-order valence-electron chi connectivity index (χ4n) is 2.33. The molecule has 0 saturated heterocycles. The zero-order chi connectivity index (χ0) is 10.6. The van der Waals surface area contributed by atoms with Crippen LogP contribution in [0, 0.1) is 11.8 Å². The summed E-state index contributed by atoms with van der Waals surface area (Å²) in [7, 11) is 0. The lowest BCUT2D eigenvalue weighted by Gasteiger charge is -2.28. The van der Waals surface area contributed by atoms with Crippen molar-refractivity contribution in [1.29, 1.82) is 0 Å². The Bertz CT molecular complexity index is 196. The van der Waals surface area contributed by atoms with Crippen LogP contribution in [0.2, 0.25) is 0 Å². The largest absolute Gasteiger partial charge is 0.387 e. The summed E-state index contributed by atoms with van der Waals surface area (Å²) in [6, 6.07) is 0.344. The molecule has 2 atom stereocenters. The van der Waals surface area contributed by atoms with E-state index in [9.17, 15) is 0 Å². The van der Waals surface area contributed by atoms with Gasteiger partial charge in [0.15, 0.2) is 0 Å². The number of nitrogens with two attached hydrogens (primary N) is 1. The van der Waals surface area contributed by atoms with Crippen LogP contribution in [0.25, 0.3) is 0 Å². The van der Waals surface area contributed by atoms with E-state index in [1.54, 1.807) is 0 Å². The maximum atomic E-state index is 6.02. The van der Waals surface area contributed by atoms with Crippen molar-refractivity contribution < 1.29 is 0 Å². The summed E-state index contributed by atoms with van der Waals surface area (Å²) in [5.74, 6) is 2.35. The summed E-state index contributed by atoms with van der Waals surface area (Å²) in [4.78, 5) is 4.46. The normalized spacial score (nSPS) is 29.6. The molecule has 2 nitrogen and oxygen atoms in total. The highest BCUT2D eigenvalue weighted by molar-refractivity contribution is 5.83. The predicted octanol–water partition coefficient (Wildman–Crippen LogP) is 2.97. The standard InChI is InChI=1S/C12H24N2/c1-4-10-6-5-7-11(8-10)12(13)14-9(2)3/h9-11H,4-8H2,1-3H3,(H2,13,14). The summed E-state index contributed by atoms with van der Waals surface area (Å²) in [5, 5.41) is 0. The van der Waals surface area contributed by atoms with Crippen molar-refractivity contribution in [3.8, 4) is 0 Å². The molecule has 1 aliphatic rings. The summed E-state index contributed by atoms with van der Waals surface area (Å²) in [6.07, 6.45) is 6.53. The highest BCUT2D eigenvalue weighted by Crippen LogP contribution is 2.31. The quantitative estimate of drug-likeness (QED) is 0.547. The second kappa shape index (κ2) is 5.38. The number of rotatable bonds is 3. The van der Waals surface area contributed by atoms with E-state index < -0.39 is 0 Å². The Morgan fingerprint density at radius 3 is 2.71 bits per heavy atom. The lowest BCUT2D eigenvalue weighted by Crippen LogP contribution is -2.29. The van der Waals surface area contributed by atoms with E-state index in [4.69, 9.17) is 5.73 Å². The predicted molar refractivity (Wildman–Crippen MR) is 62.5 cm³/mol. The van der Waals surface area contributed by atoms with Gasteiger partial charge in [-0.2, -0.15) is 0 Å². The van der Waals surface area contributed by atoms with Gasteiger partial charge in [0, 0.05) is 12.0 Å². The average Bonchev–Trinajstić information content (AvgIpc) is 2.17. The first-order valence-electron chi connectivity index (χ1n) is 5.96. The molecule has 14 heavy (non-hydrogen) atoms. The SMILES string of the molecule is CCC1CCCC(C(N)=NC(C)C)C1. The number of hydrogen-bond donors (Lipinski definition) is 1. The molecule has 0 radical (unpaired) electrons. The Morgan fingerprint density at radius 1 is 1.43 bits per heavy atom. The van der Waals surface area contributed by atoms with E-state index in [1.807, 2.05) is 0 Å². The third-order valence-corrected chi connectivity index (χ3v) is 3.19. The Balaban J connectivity index is 2.51. The van der Waals surface area contributed by atoms with E-state index in [1.165, 1.54) is 32.1 Å². The molecule has 0 aromatic heterocycles. The van der Waals surface area contributed by atoms with Crippen LogP contribution in [-0.2, 0) is 0 Å². The summed E-state index contributed by atoms with van der Waals surface area (Å²) >= 11 is 0. The molecule has 0 heterocycles. The Morgan fingerprint density at radius 2 is 2.14 bits per heavy atom. The molecule has 2 heteroatoms. The van der Waals surface area contributed by atoms with Crippen molar-refractivity contribution >= 4 is 5.84 Å². The van der Waals surface area contributed by atoms with Crippen molar-refractivity contribution in [3.63, 3.8) is 0 Å². The summed E-state index contributed by atoms with van der Waals surface area (Å²) < 4.78 is 0. The number of nitrogens with zero attached hydrogens (tertiary/aromatic N) is 1. The first-order valence-corrected chi connectivity index (χ1v) is 5.96. The van der Waals surface area contributed by atoms with Crippen LogP contribution in [0.1, 0.15) is 52.9 Å². The molecule has 2 unspecified atom stereocenters. The van der Waals surface area contributed by atoms with Gasteiger partial charge < -0.3 is 5.73 Å². The fraction of sp³-hybridized carbons (Fsp3) is 0.917. The third-order valence-electron chi connectivity index (χ3n) is 3.19. The summed E-state index contributed by atoms with van der Waals surface area (Å²) in [6.45, 7) is 6.46. The second-order valence-corrected chi connectivity index (χ2v) is 4.79. The van der Waals surface area contributed by atoms with Gasteiger partial charge in [0.1, 0.15) is 0 Å². The zero-order valence-electron chi connectivity index (χ0n) is 9.79. The highest BCUT2D eigenvalue weighted by Gasteiger charge is 2.23. The van der Waals surface area contributed by atoms with Gasteiger partial charge in [0.05, 0.1) is 5.84 Å². The van der Waals surface area contributed by atoms with Crippen molar-refractivity contribution in [2.45, 2.75) is 58.9 Å². The molecule has 82 valence electrons. The van der Waals surface area contributed by atoms with Crippen LogP contribution in [0.3, 0.4) is 0 Å². The van der Waals surface area contributed by atoms with Crippen molar-refractivity contribution in [1.82, 2.24) is 0 Å². The van der Waals surface area contributed by atoms with E-state index >= 15 is 0 Å². The molecule has 0 bridgehead atoms. The van der Waals surface area contributed by atoms with Crippen LogP contribution < -0.4 is 5.73 Å². The summed E-state index contributed by atoms with van der Waals surface area (Å²) in [5.41, 5.74) is 6.02. The van der Waals surface area contributed by atoms with Gasteiger partial charge in [-0.25, -0.2) is 0 Å². The van der Waals surface area contributed by atoms with Gasteiger partial charge in [0.2, 0.25) is 0 Å². The highest BCUT2D eigenvalue weighted by atomic mass is 14.9. The van der Waals surface area contributed by atoms with E-state index in [0.29, 0.717) is 12.0 Å². The number of amidine groups is 1. The molecule has 0 aromatic rings. The van der Waals surface area contributed by atoms with Gasteiger partial charge in [-0.05, 0) is 32.6 Å². The molecule has 0 aromatic carbocycles. The van der Waals surface area contributed by atoms with Gasteiger partial charge in [-0.3, -0.25) is 4.99 Å². The lowest BCUT2D eigenvalue weighted by molar-refractivity contribution is 0.308. The van der Waals surface area contributed by atoms with Crippen LogP contribution in [0.4, 0.5) is 0 Å². The maximum absolute atomic E-state index is 6.02. The van der Waals surface area contributed by atoms with Gasteiger partial charge in [-0.1, -0.05) is 26.2 Å². The minimum absolute atomic E-state index is 0.344. The molecule has 0 aliphatic heterocycles. The molecule has 1 saturated carbocycles. The minimum atomic E-state index is 0.344. The Labute approximate surface area is 88.0 Å². The third kappa shape index (κ3) is 3.32. The maximum Gasteiger partial charge on any atom is 0.0971 e. The van der Waals surface area contributed by atoms with Gasteiger partial charge in [0.25, 0.3) is 0 Å². The lowest BCUT2D eigenvalue weighted by atomic mass is 9.79. The Hall–Kier alpha value is -0.530. The zero-order valence-corrected chi connectivity index (χ0v) is 9.79. The number of hydrogen-bond acceptors (Lipinski definition) is 1. The van der Waals surface area contributed by atoms with Crippen molar-refractivity contribution in [3.05, 3.63) is 0 Å². The molecule has 0 amide bonds. The van der Waals surface area contributed by atoms with Crippen LogP contribution in [0.15, 0.2) is 4.99 Å². The first-order chi connectivity index (χ1) is 6.63. The van der Waals surface area contributed by atoms with Crippen molar-refractivity contribution in [2.24, 2.45) is 22.6 Å². The van der Waals surface area contributed by atoms with E-state index in [0.717, 1.165) is 11.8 Å². The van der Waals surface area contributed by atoms with Crippen LogP contribution in [-0.4, -0.2) is 11.9 Å².